The van der Waals surface area contributed by atoms with Crippen molar-refractivity contribution in [2.75, 3.05) is 0 Å². The van der Waals surface area contributed by atoms with Gasteiger partial charge < -0.3 is 10.2 Å². The average molecular weight is 308 g/mol. The van der Waals surface area contributed by atoms with Gasteiger partial charge in [0.1, 0.15) is 12.1 Å². The highest BCUT2D eigenvalue weighted by molar-refractivity contribution is 7.09. The lowest BCUT2D eigenvalue weighted by Gasteiger charge is -2.43. The van der Waals surface area contributed by atoms with E-state index in [0.29, 0.717) is 13.0 Å². The Morgan fingerprint density at radius 1 is 1.33 bits per heavy atom. The van der Waals surface area contributed by atoms with E-state index in [0.717, 1.165) is 11.3 Å². The Labute approximate surface area is 130 Å². The van der Waals surface area contributed by atoms with Gasteiger partial charge >= 0.3 is 0 Å². The van der Waals surface area contributed by atoms with Crippen LogP contribution in [0.3, 0.4) is 0 Å². The van der Waals surface area contributed by atoms with Crippen molar-refractivity contribution in [3.63, 3.8) is 0 Å². The second kappa shape index (κ2) is 6.18. The predicted octanol–water partition coefficient (Wildman–Crippen LogP) is 2.79. The highest BCUT2D eigenvalue weighted by atomic mass is 32.1. The molecule has 5 heteroatoms. The summed E-state index contributed by atoms with van der Waals surface area (Å²) in [6.07, 6.45) is 1.59. The van der Waals surface area contributed by atoms with Gasteiger partial charge in [0, 0.05) is 4.88 Å². The molecule has 21 heavy (non-hydrogen) atoms. The summed E-state index contributed by atoms with van der Waals surface area (Å²) in [6, 6.07) is 3.20. The van der Waals surface area contributed by atoms with Gasteiger partial charge in [-0.2, -0.15) is 0 Å². The molecular weight excluding hydrogens is 284 g/mol. The zero-order chi connectivity index (χ0) is 15.6. The third kappa shape index (κ3) is 3.46. The van der Waals surface area contributed by atoms with Gasteiger partial charge in [0.25, 0.3) is 0 Å². The van der Waals surface area contributed by atoms with Crippen molar-refractivity contribution in [3.05, 3.63) is 22.4 Å². The van der Waals surface area contributed by atoms with E-state index in [1.807, 2.05) is 45.2 Å². The molecule has 1 aliphatic heterocycles. The number of carbonyl (C=O) groups is 2. The monoisotopic (exact) mass is 308 g/mol. The van der Waals surface area contributed by atoms with Crippen LogP contribution in [0.25, 0.3) is 0 Å². The van der Waals surface area contributed by atoms with E-state index >= 15 is 0 Å². The molecule has 0 radical (unpaired) electrons. The fourth-order valence-electron chi connectivity index (χ4n) is 2.67. The van der Waals surface area contributed by atoms with Gasteiger partial charge in [0.15, 0.2) is 0 Å². The lowest BCUT2D eigenvalue weighted by Crippen LogP contribution is -2.66. The second-order valence-electron chi connectivity index (χ2n) is 6.66. The maximum atomic E-state index is 12.8. The summed E-state index contributed by atoms with van der Waals surface area (Å²) in [6.45, 7) is 8.52. The molecule has 4 nitrogen and oxygen atoms in total. The van der Waals surface area contributed by atoms with Crippen LogP contribution in [0.15, 0.2) is 17.5 Å². The Kier molecular flexibility index (Phi) is 4.71. The topological polar surface area (TPSA) is 49.4 Å². The number of hydrogen-bond donors (Lipinski definition) is 1. The normalized spacial score (nSPS) is 23.3. The number of piperazine rings is 1. The largest absolute Gasteiger partial charge is 0.342 e. The van der Waals surface area contributed by atoms with Crippen LogP contribution < -0.4 is 5.32 Å². The van der Waals surface area contributed by atoms with E-state index in [2.05, 4.69) is 5.32 Å². The van der Waals surface area contributed by atoms with E-state index in [1.54, 1.807) is 16.2 Å². The highest BCUT2D eigenvalue weighted by Crippen LogP contribution is 2.28. The van der Waals surface area contributed by atoms with Gasteiger partial charge in [0.05, 0.1) is 6.54 Å². The molecule has 2 rings (SSSR count). The molecule has 0 saturated carbocycles. The van der Waals surface area contributed by atoms with E-state index in [-0.39, 0.29) is 23.3 Å². The zero-order valence-electron chi connectivity index (χ0n) is 13.2. The van der Waals surface area contributed by atoms with Gasteiger partial charge in [-0.05, 0) is 23.3 Å². The summed E-state index contributed by atoms with van der Waals surface area (Å²) in [5.41, 5.74) is -0.280. The Morgan fingerprint density at radius 2 is 2.05 bits per heavy atom. The van der Waals surface area contributed by atoms with Crippen LogP contribution >= 0.6 is 11.3 Å². The van der Waals surface area contributed by atoms with Crippen LogP contribution in [-0.4, -0.2) is 28.8 Å². The minimum atomic E-state index is -0.446. The van der Waals surface area contributed by atoms with Crippen LogP contribution in [0.2, 0.25) is 0 Å². The molecule has 0 aromatic carbocycles. The molecule has 1 N–H and O–H groups in total. The maximum absolute atomic E-state index is 12.8. The van der Waals surface area contributed by atoms with E-state index in [4.69, 9.17) is 0 Å². The molecular formula is C16H24N2O2S. The molecule has 2 amide bonds. The van der Waals surface area contributed by atoms with Crippen molar-refractivity contribution in [1.82, 2.24) is 10.2 Å². The smallest absolute Gasteiger partial charge is 0.246 e. The van der Waals surface area contributed by atoms with Gasteiger partial charge in [-0.3, -0.25) is 9.59 Å². The molecule has 1 saturated heterocycles. The minimum absolute atomic E-state index is 0.0204. The molecule has 0 aliphatic carbocycles. The Bertz CT molecular complexity index is 505. The first kappa shape index (κ1) is 16.0. The SMILES string of the molecule is CCCC1C(=O)NC(C(C)(C)C)C(=O)N1Cc1cccs1. The lowest BCUT2D eigenvalue weighted by molar-refractivity contribution is -0.153. The highest BCUT2D eigenvalue weighted by Gasteiger charge is 2.44. The fourth-order valence-corrected chi connectivity index (χ4v) is 3.37. The van der Waals surface area contributed by atoms with Crippen LogP contribution in [0, 0.1) is 5.41 Å². The van der Waals surface area contributed by atoms with Crippen molar-refractivity contribution in [1.29, 1.82) is 0 Å². The molecule has 0 bridgehead atoms. The zero-order valence-corrected chi connectivity index (χ0v) is 14.0. The standard InChI is InChI=1S/C16H24N2O2S/c1-5-7-12-14(19)17-13(16(2,3)4)15(20)18(12)10-11-8-6-9-21-11/h6,8-9,12-13H,5,7,10H2,1-4H3,(H,17,19). The third-order valence-corrected chi connectivity index (χ3v) is 4.69. The second-order valence-corrected chi connectivity index (χ2v) is 7.69. The molecule has 1 fully saturated rings. The van der Waals surface area contributed by atoms with Crippen LogP contribution in [0.4, 0.5) is 0 Å². The first-order valence-corrected chi connectivity index (χ1v) is 8.35. The number of nitrogens with one attached hydrogen (secondary N) is 1. The van der Waals surface area contributed by atoms with Crippen molar-refractivity contribution in [3.8, 4) is 0 Å². The maximum Gasteiger partial charge on any atom is 0.246 e. The number of hydrogen-bond acceptors (Lipinski definition) is 3. The molecule has 1 aromatic heterocycles. The number of amides is 2. The minimum Gasteiger partial charge on any atom is -0.342 e. The number of carbonyl (C=O) groups excluding carboxylic acids is 2. The summed E-state index contributed by atoms with van der Waals surface area (Å²) in [7, 11) is 0. The summed E-state index contributed by atoms with van der Waals surface area (Å²) in [5.74, 6) is 0.0156. The van der Waals surface area contributed by atoms with Crippen molar-refractivity contribution in [2.24, 2.45) is 5.41 Å². The summed E-state index contributed by atoms with van der Waals surface area (Å²) in [4.78, 5) is 28.2. The van der Waals surface area contributed by atoms with Crippen molar-refractivity contribution >= 4 is 23.2 Å². The number of thiophene rings is 1. The van der Waals surface area contributed by atoms with Crippen LogP contribution in [0.1, 0.15) is 45.4 Å². The van der Waals surface area contributed by atoms with E-state index in [1.165, 1.54) is 0 Å². The third-order valence-electron chi connectivity index (χ3n) is 3.83. The first-order chi connectivity index (χ1) is 9.84. The number of rotatable bonds is 4. The summed E-state index contributed by atoms with van der Waals surface area (Å²) in [5, 5.41) is 4.92. The molecule has 1 aromatic rings. The molecule has 116 valence electrons. The first-order valence-electron chi connectivity index (χ1n) is 7.48. The van der Waals surface area contributed by atoms with Crippen molar-refractivity contribution in [2.45, 2.75) is 59.2 Å². The van der Waals surface area contributed by atoms with E-state index in [9.17, 15) is 9.59 Å². The summed E-state index contributed by atoms with van der Waals surface area (Å²) >= 11 is 1.62. The lowest BCUT2D eigenvalue weighted by atomic mass is 9.83. The Morgan fingerprint density at radius 3 is 2.57 bits per heavy atom. The molecule has 2 atom stereocenters. The summed E-state index contributed by atoms with van der Waals surface area (Å²) < 4.78 is 0. The molecule has 0 spiro atoms. The molecule has 1 aliphatic rings. The van der Waals surface area contributed by atoms with Gasteiger partial charge in [-0.15, -0.1) is 11.3 Å². The van der Waals surface area contributed by atoms with Gasteiger partial charge in [-0.25, -0.2) is 0 Å². The average Bonchev–Trinajstić information content (AvgIpc) is 2.89. The number of nitrogens with zero attached hydrogens (tertiary/aromatic N) is 1. The van der Waals surface area contributed by atoms with Crippen molar-refractivity contribution < 1.29 is 9.59 Å². The van der Waals surface area contributed by atoms with Crippen LogP contribution in [0.5, 0.6) is 0 Å². The van der Waals surface area contributed by atoms with Crippen LogP contribution in [-0.2, 0) is 16.1 Å². The molecule has 2 heterocycles. The van der Waals surface area contributed by atoms with Gasteiger partial charge in [-0.1, -0.05) is 40.2 Å². The molecule has 2 unspecified atom stereocenters. The Balaban J connectivity index is 2.28. The predicted molar refractivity (Wildman–Crippen MR) is 85.0 cm³/mol. The quantitative estimate of drug-likeness (QED) is 0.930. The van der Waals surface area contributed by atoms with E-state index < -0.39 is 6.04 Å². The van der Waals surface area contributed by atoms with Gasteiger partial charge in [0.2, 0.25) is 11.8 Å². The Hall–Kier alpha value is -1.36. The fraction of sp³-hybridized carbons (Fsp3) is 0.625.